The van der Waals surface area contributed by atoms with Crippen molar-refractivity contribution in [3.05, 3.63) is 83.9 Å². The lowest BCUT2D eigenvalue weighted by molar-refractivity contribution is 0.0482. The molecule has 0 unspecified atom stereocenters. The molecule has 1 aliphatic heterocycles. The molecule has 7 nitrogen and oxygen atoms in total. The molecule has 0 saturated carbocycles. The quantitative estimate of drug-likeness (QED) is 0.286. The second kappa shape index (κ2) is 12.8. The molecule has 1 saturated heterocycles. The third kappa shape index (κ3) is 6.70. The van der Waals surface area contributed by atoms with Crippen LogP contribution in [0.2, 0.25) is 0 Å². The van der Waals surface area contributed by atoms with E-state index in [9.17, 15) is 4.79 Å². The number of carbonyl (C=O) groups excluding carboxylic acids is 1. The van der Waals surface area contributed by atoms with Crippen LogP contribution in [0, 0.1) is 0 Å². The predicted octanol–water partition coefficient (Wildman–Crippen LogP) is 4.65. The number of benzene rings is 3. The number of para-hydroxylation sites is 3. The van der Waals surface area contributed by atoms with Gasteiger partial charge in [-0.2, -0.15) is 0 Å². The van der Waals surface area contributed by atoms with Crippen molar-refractivity contribution in [2.24, 2.45) is 0 Å². The van der Waals surface area contributed by atoms with Gasteiger partial charge in [-0.05, 0) is 48.4 Å². The lowest BCUT2D eigenvalue weighted by atomic mass is 10.2. The summed E-state index contributed by atoms with van der Waals surface area (Å²) in [7, 11) is 3.34. The van der Waals surface area contributed by atoms with Gasteiger partial charge in [0.25, 0.3) is 0 Å². The number of piperazine rings is 1. The van der Waals surface area contributed by atoms with Gasteiger partial charge in [0, 0.05) is 32.7 Å². The first-order chi connectivity index (χ1) is 17.7. The Morgan fingerprint density at radius 2 is 1.58 bits per heavy atom. The molecule has 0 atom stereocenters. The van der Waals surface area contributed by atoms with E-state index >= 15 is 0 Å². The fourth-order valence-electron chi connectivity index (χ4n) is 4.32. The zero-order valence-corrected chi connectivity index (χ0v) is 21.0. The van der Waals surface area contributed by atoms with Gasteiger partial charge in [-0.3, -0.25) is 4.90 Å². The smallest absolute Gasteiger partial charge is 0.341 e. The van der Waals surface area contributed by atoms with Crippen molar-refractivity contribution in [2.75, 3.05) is 58.5 Å². The number of esters is 1. The van der Waals surface area contributed by atoms with E-state index in [4.69, 9.17) is 18.9 Å². The lowest BCUT2D eigenvalue weighted by Crippen LogP contribution is -2.46. The molecule has 0 N–H and O–H groups in total. The normalized spacial score (nSPS) is 13.8. The summed E-state index contributed by atoms with van der Waals surface area (Å²) in [6, 6.07) is 23.0. The second-order valence-corrected chi connectivity index (χ2v) is 8.63. The van der Waals surface area contributed by atoms with E-state index in [2.05, 4.69) is 15.9 Å². The van der Waals surface area contributed by atoms with Crippen molar-refractivity contribution >= 4 is 11.7 Å². The molecular weight excluding hydrogens is 456 g/mol. The van der Waals surface area contributed by atoms with Crippen molar-refractivity contribution < 1.29 is 23.7 Å². The number of anilines is 1. The maximum Gasteiger partial charge on any atom is 0.341 e. The van der Waals surface area contributed by atoms with Crippen LogP contribution >= 0.6 is 0 Å². The van der Waals surface area contributed by atoms with Crippen LogP contribution in [0.1, 0.15) is 22.3 Å². The Balaban J connectivity index is 1.21. The number of rotatable bonds is 11. The van der Waals surface area contributed by atoms with Crippen molar-refractivity contribution in [3.63, 3.8) is 0 Å². The van der Waals surface area contributed by atoms with E-state index in [1.165, 1.54) is 0 Å². The Kier molecular flexibility index (Phi) is 9.05. The summed E-state index contributed by atoms with van der Waals surface area (Å²) < 4.78 is 22.3. The highest BCUT2D eigenvalue weighted by Crippen LogP contribution is 2.28. The molecule has 7 heteroatoms. The first kappa shape index (κ1) is 25.4. The van der Waals surface area contributed by atoms with Gasteiger partial charge < -0.3 is 23.8 Å². The highest BCUT2D eigenvalue weighted by molar-refractivity contribution is 5.92. The highest BCUT2D eigenvalue weighted by Gasteiger charge is 2.19. The molecule has 3 aromatic carbocycles. The monoisotopic (exact) mass is 490 g/mol. The van der Waals surface area contributed by atoms with E-state index in [1.54, 1.807) is 26.4 Å². The number of ether oxygens (including phenoxy) is 4. The summed E-state index contributed by atoms with van der Waals surface area (Å²) in [5, 5.41) is 0. The Morgan fingerprint density at radius 1 is 0.833 bits per heavy atom. The minimum Gasteiger partial charge on any atom is -0.497 e. The third-order valence-electron chi connectivity index (χ3n) is 6.29. The number of hydrogen-bond donors (Lipinski definition) is 0. The van der Waals surface area contributed by atoms with E-state index in [0.29, 0.717) is 24.5 Å². The molecule has 4 rings (SSSR count). The zero-order chi connectivity index (χ0) is 25.2. The average molecular weight is 491 g/mol. The van der Waals surface area contributed by atoms with Gasteiger partial charge in [0.1, 0.15) is 29.4 Å². The summed E-state index contributed by atoms with van der Waals surface area (Å²) in [5.74, 6) is 1.82. The summed E-state index contributed by atoms with van der Waals surface area (Å²) in [4.78, 5) is 17.5. The maximum absolute atomic E-state index is 12.7. The Morgan fingerprint density at radius 3 is 2.36 bits per heavy atom. The van der Waals surface area contributed by atoms with Crippen LogP contribution in [0.5, 0.6) is 17.2 Å². The summed E-state index contributed by atoms with van der Waals surface area (Å²) in [5.41, 5.74) is 2.54. The lowest BCUT2D eigenvalue weighted by Gasteiger charge is -2.36. The first-order valence-corrected chi connectivity index (χ1v) is 12.3. The summed E-state index contributed by atoms with van der Waals surface area (Å²) in [6.45, 7) is 5.41. The molecule has 0 aliphatic carbocycles. The van der Waals surface area contributed by atoms with Crippen molar-refractivity contribution in [1.29, 1.82) is 0 Å². The van der Waals surface area contributed by atoms with Gasteiger partial charge in [-0.15, -0.1) is 0 Å². The van der Waals surface area contributed by atoms with Crippen LogP contribution in [0.4, 0.5) is 5.69 Å². The van der Waals surface area contributed by atoms with Gasteiger partial charge in [0.2, 0.25) is 0 Å². The van der Waals surface area contributed by atoms with Gasteiger partial charge in [-0.25, -0.2) is 4.79 Å². The van der Waals surface area contributed by atoms with Crippen LogP contribution < -0.4 is 19.1 Å². The summed E-state index contributed by atoms with van der Waals surface area (Å²) >= 11 is 0. The Labute approximate surface area is 213 Å². The van der Waals surface area contributed by atoms with Gasteiger partial charge in [0.05, 0.1) is 26.5 Å². The van der Waals surface area contributed by atoms with E-state index in [0.717, 1.165) is 61.9 Å². The van der Waals surface area contributed by atoms with Crippen LogP contribution in [-0.2, 0) is 11.3 Å². The molecule has 0 aromatic heterocycles. The summed E-state index contributed by atoms with van der Waals surface area (Å²) in [6.07, 6.45) is 0.785. The highest BCUT2D eigenvalue weighted by atomic mass is 16.5. The fourth-order valence-corrected chi connectivity index (χ4v) is 4.32. The van der Waals surface area contributed by atoms with Crippen LogP contribution in [0.15, 0.2) is 72.8 Å². The molecule has 1 fully saturated rings. The van der Waals surface area contributed by atoms with E-state index in [1.807, 2.05) is 54.6 Å². The molecule has 1 aliphatic rings. The number of nitrogens with zero attached hydrogens (tertiary/aromatic N) is 2. The standard InChI is InChI=1S/C29H34N2O5/c1-33-24-10-7-9-23(21-24)22-36-27-13-5-3-11-25(27)29(32)35-20-8-15-30-16-18-31(19-17-30)26-12-4-6-14-28(26)34-2/h3-7,9-14,21H,8,15-20,22H2,1-2H3. The van der Waals surface area contributed by atoms with Crippen LogP contribution in [-0.4, -0.2) is 64.4 Å². The van der Waals surface area contributed by atoms with E-state index < -0.39 is 0 Å². The molecule has 36 heavy (non-hydrogen) atoms. The largest absolute Gasteiger partial charge is 0.497 e. The molecule has 190 valence electrons. The molecule has 0 bridgehead atoms. The van der Waals surface area contributed by atoms with Crippen LogP contribution in [0.3, 0.4) is 0 Å². The third-order valence-corrected chi connectivity index (χ3v) is 6.29. The minimum atomic E-state index is -0.364. The topological polar surface area (TPSA) is 60.5 Å². The van der Waals surface area contributed by atoms with Gasteiger partial charge >= 0.3 is 5.97 Å². The average Bonchev–Trinajstić information content (AvgIpc) is 2.94. The van der Waals surface area contributed by atoms with Gasteiger partial charge in [0.15, 0.2) is 0 Å². The van der Waals surface area contributed by atoms with E-state index in [-0.39, 0.29) is 5.97 Å². The predicted molar refractivity (Wildman–Crippen MR) is 140 cm³/mol. The number of hydrogen-bond acceptors (Lipinski definition) is 7. The van der Waals surface area contributed by atoms with Crippen molar-refractivity contribution in [3.8, 4) is 17.2 Å². The number of methoxy groups -OCH3 is 2. The van der Waals surface area contributed by atoms with Gasteiger partial charge in [-0.1, -0.05) is 36.4 Å². The van der Waals surface area contributed by atoms with Crippen LogP contribution in [0.25, 0.3) is 0 Å². The Hall–Kier alpha value is -3.71. The number of carbonyl (C=O) groups is 1. The molecule has 1 heterocycles. The maximum atomic E-state index is 12.7. The molecule has 0 radical (unpaired) electrons. The SMILES string of the molecule is COc1cccc(COc2ccccc2C(=O)OCCCN2CCN(c3ccccc3OC)CC2)c1. The zero-order valence-electron chi connectivity index (χ0n) is 21.0. The second-order valence-electron chi connectivity index (χ2n) is 8.63. The molecule has 0 spiro atoms. The Bertz CT molecular complexity index is 1130. The molecular formula is C29H34N2O5. The fraction of sp³-hybridized carbons (Fsp3) is 0.345. The molecule has 3 aromatic rings. The van der Waals surface area contributed by atoms with Crippen molar-refractivity contribution in [2.45, 2.75) is 13.0 Å². The molecule has 0 amide bonds. The van der Waals surface area contributed by atoms with Crippen molar-refractivity contribution in [1.82, 2.24) is 4.90 Å². The minimum absolute atomic E-state index is 0.336. The first-order valence-electron chi connectivity index (χ1n) is 12.3.